The lowest BCUT2D eigenvalue weighted by atomic mass is 9.91. The highest BCUT2D eigenvalue weighted by atomic mass is 35.5. The van der Waals surface area contributed by atoms with Crippen LogP contribution in [0.25, 0.3) is 0 Å². The van der Waals surface area contributed by atoms with E-state index in [1.165, 1.54) is 12.1 Å². The van der Waals surface area contributed by atoms with Crippen molar-refractivity contribution in [2.24, 2.45) is 0 Å². The Labute approximate surface area is 174 Å². The van der Waals surface area contributed by atoms with Crippen molar-refractivity contribution >= 4 is 17.7 Å². The van der Waals surface area contributed by atoms with Gasteiger partial charge in [0.1, 0.15) is 23.3 Å². The topological polar surface area (TPSA) is 50.8 Å². The third-order valence-electron chi connectivity index (χ3n) is 5.69. The van der Waals surface area contributed by atoms with Crippen LogP contribution in [0.5, 0.6) is 5.75 Å². The van der Waals surface area contributed by atoms with Crippen LogP contribution in [0.2, 0.25) is 5.02 Å². The highest BCUT2D eigenvalue weighted by molar-refractivity contribution is 6.32. The van der Waals surface area contributed by atoms with Crippen molar-refractivity contribution in [1.29, 1.82) is 0 Å². The number of halogens is 2. The van der Waals surface area contributed by atoms with Gasteiger partial charge in [0, 0.05) is 38.9 Å². The third-order valence-corrected chi connectivity index (χ3v) is 6.00. The molecule has 2 fully saturated rings. The molecule has 1 spiro atoms. The van der Waals surface area contributed by atoms with Crippen molar-refractivity contribution in [3.8, 4) is 5.75 Å². The fourth-order valence-corrected chi connectivity index (χ4v) is 4.11. The average molecular weight is 419 g/mol. The molecule has 0 radical (unpaired) electrons. The first kappa shape index (κ1) is 20.0. The minimum Gasteiger partial charge on any atom is -0.484 e. The van der Waals surface area contributed by atoms with Crippen LogP contribution in [0.15, 0.2) is 48.5 Å². The van der Waals surface area contributed by atoms with Gasteiger partial charge < -0.3 is 19.7 Å². The molecule has 4 rings (SSSR count). The monoisotopic (exact) mass is 418 g/mol. The van der Waals surface area contributed by atoms with Crippen molar-refractivity contribution in [2.45, 2.75) is 31.0 Å². The Morgan fingerprint density at radius 3 is 2.55 bits per heavy atom. The average Bonchev–Trinajstić information content (AvgIpc) is 3.09. The zero-order chi connectivity index (χ0) is 20.3. The van der Waals surface area contributed by atoms with Gasteiger partial charge in [-0.05, 0) is 29.8 Å². The number of hydrogen-bond donors (Lipinski definition) is 1. The van der Waals surface area contributed by atoms with E-state index in [0.29, 0.717) is 17.3 Å². The van der Waals surface area contributed by atoms with E-state index in [-0.39, 0.29) is 23.6 Å². The van der Waals surface area contributed by atoms with Gasteiger partial charge in [0.05, 0.1) is 11.6 Å². The minimum atomic E-state index is -0.349. The van der Waals surface area contributed by atoms with Crippen LogP contribution in [0.4, 0.5) is 9.18 Å². The van der Waals surface area contributed by atoms with E-state index in [1.807, 2.05) is 18.2 Å². The lowest BCUT2D eigenvalue weighted by Gasteiger charge is -2.37. The van der Waals surface area contributed by atoms with Crippen LogP contribution >= 0.6 is 11.6 Å². The van der Waals surface area contributed by atoms with Crippen molar-refractivity contribution < 1.29 is 18.7 Å². The standard InChI is InChI=1S/C22H24ClFN2O3/c23-18-3-1-2-4-20(18)28-19(16-5-7-17(24)8-6-16)9-12-26-13-10-22(11-14-26)15-25-21(27)29-22/h1-8,19H,9-15H2,(H,25,27). The third kappa shape index (κ3) is 4.82. The molecule has 154 valence electrons. The van der Waals surface area contributed by atoms with E-state index in [4.69, 9.17) is 21.1 Å². The number of piperidine rings is 1. The number of para-hydroxylation sites is 1. The molecule has 1 amide bonds. The number of benzene rings is 2. The molecular weight excluding hydrogens is 395 g/mol. The molecule has 1 N–H and O–H groups in total. The summed E-state index contributed by atoms with van der Waals surface area (Å²) in [4.78, 5) is 13.7. The Balaban J connectivity index is 1.40. The Morgan fingerprint density at radius 2 is 1.90 bits per heavy atom. The number of hydrogen-bond acceptors (Lipinski definition) is 4. The number of alkyl carbamates (subject to hydrolysis) is 1. The highest BCUT2D eigenvalue weighted by Crippen LogP contribution is 2.32. The smallest absolute Gasteiger partial charge is 0.407 e. The Bertz CT molecular complexity index is 853. The summed E-state index contributed by atoms with van der Waals surface area (Å²) >= 11 is 6.27. The highest BCUT2D eigenvalue weighted by Gasteiger charge is 2.42. The largest absolute Gasteiger partial charge is 0.484 e. The molecule has 2 aromatic carbocycles. The molecular formula is C22H24ClFN2O3. The van der Waals surface area contributed by atoms with E-state index in [1.54, 1.807) is 18.2 Å². The van der Waals surface area contributed by atoms with Gasteiger partial charge in [0.15, 0.2) is 0 Å². The van der Waals surface area contributed by atoms with E-state index in [9.17, 15) is 9.18 Å². The van der Waals surface area contributed by atoms with Gasteiger partial charge in [-0.3, -0.25) is 0 Å². The summed E-state index contributed by atoms with van der Waals surface area (Å²) in [6.45, 7) is 3.13. The van der Waals surface area contributed by atoms with Crippen LogP contribution in [0.1, 0.15) is 30.9 Å². The molecule has 1 unspecified atom stereocenters. The quantitative estimate of drug-likeness (QED) is 0.747. The summed E-state index contributed by atoms with van der Waals surface area (Å²) in [5.74, 6) is 0.344. The first-order chi connectivity index (χ1) is 14.0. The van der Waals surface area contributed by atoms with Gasteiger partial charge >= 0.3 is 6.09 Å². The van der Waals surface area contributed by atoms with Crippen molar-refractivity contribution in [3.05, 3.63) is 64.9 Å². The summed E-state index contributed by atoms with van der Waals surface area (Å²) in [5.41, 5.74) is 0.562. The Morgan fingerprint density at radius 1 is 1.17 bits per heavy atom. The maximum atomic E-state index is 13.4. The predicted molar refractivity (Wildman–Crippen MR) is 109 cm³/mol. The van der Waals surface area contributed by atoms with Gasteiger partial charge in [-0.1, -0.05) is 35.9 Å². The predicted octanol–water partition coefficient (Wildman–Crippen LogP) is 4.56. The normalized spacial score (nSPS) is 19.6. The maximum Gasteiger partial charge on any atom is 0.407 e. The van der Waals surface area contributed by atoms with Gasteiger partial charge in [-0.15, -0.1) is 0 Å². The molecule has 0 aromatic heterocycles. The van der Waals surface area contributed by atoms with Crippen molar-refractivity contribution in [1.82, 2.24) is 10.2 Å². The molecule has 5 nitrogen and oxygen atoms in total. The molecule has 0 saturated carbocycles. The molecule has 2 aromatic rings. The lowest BCUT2D eigenvalue weighted by Crippen LogP contribution is -2.47. The number of likely N-dealkylation sites (tertiary alicyclic amines) is 1. The van der Waals surface area contributed by atoms with Crippen LogP contribution in [-0.2, 0) is 4.74 Å². The van der Waals surface area contributed by atoms with E-state index in [2.05, 4.69) is 10.2 Å². The molecule has 29 heavy (non-hydrogen) atoms. The minimum absolute atomic E-state index is 0.239. The second-order valence-electron chi connectivity index (χ2n) is 7.64. The summed E-state index contributed by atoms with van der Waals surface area (Å²) < 4.78 is 25.1. The first-order valence-electron chi connectivity index (χ1n) is 9.89. The summed E-state index contributed by atoms with van der Waals surface area (Å²) in [6, 6.07) is 13.8. The summed E-state index contributed by atoms with van der Waals surface area (Å²) in [6.07, 6.45) is 1.82. The molecule has 0 bridgehead atoms. The Kier molecular flexibility index (Phi) is 5.92. The molecule has 2 aliphatic rings. The number of nitrogens with zero attached hydrogens (tertiary/aromatic N) is 1. The zero-order valence-corrected chi connectivity index (χ0v) is 16.8. The number of rotatable bonds is 6. The second kappa shape index (κ2) is 8.59. The van der Waals surface area contributed by atoms with Crippen LogP contribution in [0, 0.1) is 5.82 Å². The van der Waals surface area contributed by atoms with Gasteiger partial charge in [0.2, 0.25) is 0 Å². The molecule has 1 atom stereocenters. The molecule has 2 heterocycles. The van der Waals surface area contributed by atoms with Crippen LogP contribution in [-0.4, -0.2) is 42.8 Å². The summed E-state index contributed by atoms with van der Waals surface area (Å²) in [5, 5.41) is 3.31. The number of ether oxygens (including phenoxy) is 2. The Hall–Kier alpha value is -2.31. The summed E-state index contributed by atoms with van der Waals surface area (Å²) in [7, 11) is 0. The molecule has 0 aliphatic carbocycles. The SMILES string of the molecule is O=C1NCC2(CCN(CCC(Oc3ccccc3Cl)c3ccc(F)cc3)CC2)O1. The number of amides is 1. The number of nitrogens with one attached hydrogen (secondary N) is 1. The van der Waals surface area contributed by atoms with Crippen LogP contribution < -0.4 is 10.1 Å². The van der Waals surface area contributed by atoms with E-state index in [0.717, 1.165) is 44.5 Å². The second-order valence-corrected chi connectivity index (χ2v) is 8.05. The van der Waals surface area contributed by atoms with Crippen molar-refractivity contribution in [3.63, 3.8) is 0 Å². The van der Waals surface area contributed by atoms with Gasteiger partial charge in [-0.2, -0.15) is 0 Å². The fraction of sp³-hybridized carbons (Fsp3) is 0.409. The maximum absolute atomic E-state index is 13.4. The molecule has 2 aliphatic heterocycles. The van der Waals surface area contributed by atoms with E-state index >= 15 is 0 Å². The lowest BCUT2D eigenvalue weighted by molar-refractivity contribution is -0.00139. The van der Waals surface area contributed by atoms with Crippen LogP contribution in [0.3, 0.4) is 0 Å². The zero-order valence-electron chi connectivity index (χ0n) is 16.1. The molecule has 2 saturated heterocycles. The molecule has 7 heteroatoms. The van der Waals surface area contributed by atoms with Crippen molar-refractivity contribution in [2.75, 3.05) is 26.2 Å². The van der Waals surface area contributed by atoms with Gasteiger partial charge in [0.25, 0.3) is 0 Å². The number of carbonyl (C=O) groups excluding carboxylic acids is 1. The number of carbonyl (C=O) groups is 1. The van der Waals surface area contributed by atoms with Gasteiger partial charge in [-0.25, -0.2) is 9.18 Å². The van der Waals surface area contributed by atoms with E-state index < -0.39 is 0 Å². The first-order valence-corrected chi connectivity index (χ1v) is 10.3. The fourth-order valence-electron chi connectivity index (χ4n) is 3.93.